The first-order valence-electron chi connectivity index (χ1n) is 6.75. The summed E-state index contributed by atoms with van der Waals surface area (Å²) in [5.74, 6) is -0.949. The molecule has 12 nitrogen and oxygen atoms in total. The number of aliphatic hydroxyl groups excluding tert-OH is 4. The third-order valence-corrected chi connectivity index (χ3v) is 3.38. The van der Waals surface area contributed by atoms with Gasteiger partial charge in [-0.05, 0) is 0 Å². The van der Waals surface area contributed by atoms with Crippen molar-refractivity contribution in [3.63, 3.8) is 0 Å². The van der Waals surface area contributed by atoms with E-state index in [2.05, 4.69) is 10.2 Å². The molecule has 8 unspecified atom stereocenters. The highest BCUT2D eigenvalue weighted by molar-refractivity contribution is 5.75. The van der Waals surface area contributed by atoms with Crippen LogP contribution in [0, 0.1) is 0 Å². The van der Waals surface area contributed by atoms with Crippen LogP contribution in [-0.4, -0.2) is 89.6 Å². The molecular formula is C11H20N2O10. The van der Waals surface area contributed by atoms with Crippen molar-refractivity contribution in [2.75, 3.05) is 13.7 Å². The van der Waals surface area contributed by atoms with E-state index in [9.17, 15) is 25.2 Å². The monoisotopic (exact) mass is 340 g/mol. The van der Waals surface area contributed by atoms with Crippen LogP contribution >= 0.6 is 0 Å². The van der Waals surface area contributed by atoms with Gasteiger partial charge in [0.05, 0.1) is 13.7 Å². The molecular weight excluding hydrogens is 320 g/mol. The van der Waals surface area contributed by atoms with E-state index in [0.29, 0.717) is 0 Å². The molecule has 0 amide bonds. The van der Waals surface area contributed by atoms with Gasteiger partial charge in [0.2, 0.25) is 18.7 Å². The van der Waals surface area contributed by atoms with Crippen molar-refractivity contribution >= 4 is 5.97 Å². The molecule has 0 bridgehead atoms. The van der Waals surface area contributed by atoms with E-state index in [-0.39, 0.29) is 0 Å². The molecule has 2 saturated heterocycles. The van der Waals surface area contributed by atoms with Crippen LogP contribution in [0.15, 0.2) is 0 Å². The molecule has 0 saturated carbocycles. The number of methoxy groups -OCH3 is 1. The number of hydroxylamine groups is 1. The summed E-state index contributed by atoms with van der Waals surface area (Å²) < 4.78 is 19.6. The molecule has 0 spiro atoms. The number of carbonyl (C=O) groups is 1. The Kier molecular flexibility index (Phi) is 6.21. The predicted octanol–water partition coefficient (Wildman–Crippen LogP) is -4.54. The van der Waals surface area contributed by atoms with Gasteiger partial charge in [0.15, 0.2) is 6.29 Å². The molecule has 2 aliphatic rings. The van der Waals surface area contributed by atoms with Crippen molar-refractivity contribution in [3.8, 4) is 0 Å². The number of rotatable bonds is 4. The van der Waals surface area contributed by atoms with Gasteiger partial charge in [0.25, 0.3) is 0 Å². The summed E-state index contributed by atoms with van der Waals surface area (Å²) in [7, 11) is 1.07. The summed E-state index contributed by atoms with van der Waals surface area (Å²) >= 11 is 0. The molecule has 2 heterocycles. The van der Waals surface area contributed by atoms with Crippen molar-refractivity contribution in [1.82, 2.24) is 5.48 Å². The zero-order valence-electron chi connectivity index (χ0n) is 12.1. The number of carbonyl (C=O) groups excluding carboxylic acids is 1. The van der Waals surface area contributed by atoms with Gasteiger partial charge in [-0.1, -0.05) is 0 Å². The summed E-state index contributed by atoms with van der Waals surface area (Å²) in [5, 5.41) is 38.5. The van der Waals surface area contributed by atoms with Gasteiger partial charge in [0.1, 0.15) is 24.5 Å². The van der Waals surface area contributed by atoms with Gasteiger partial charge in [-0.2, -0.15) is 5.48 Å². The van der Waals surface area contributed by atoms with Crippen LogP contribution in [0.1, 0.15) is 0 Å². The fourth-order valence-corrected chi connectivity index (χ4v) is 2.14. The Morgan fingerprint density at radius 3 is 2.57 bits per heavy atom. The molecule has 134 valence electrons. The first-order chi connectivity index (χ1) is 10.9. The third-order valence-electron chi connectivity index (χ3n) is 3.38. The van der Waals surface area contributed by atoms with Gasteiger partial charge < -0.3 is 45.1 Å². The minimum Gasteiger partial charge on any atom is -0.467 e. The van der Waals surface area contributed by atoms with Crippen LogP contribution in [0.3, 0.4) is 0 Å². The summed E-state index contributed by atoms with van der Waals surface area (Å²) in [5.41, 5.74) is 7.84. The van der Waals surface area contributed by atoms with Gasteiger partial charge in [-0.25, -0.2) is 4.79 Å². The number of hydrogen-bond acceptors (Lipinski definition) is 12. The average molecular weight is 340 g/mol. The van der Waals surface area contributed by atoms with Gasteiger partial charge in [-0.15, -0.1) is 0 Å². The van der Waals surface area contributed by atoms with E-state index in [0.717, 1.165) is 7.11 Å². The highest BCUT2D eigenvalue weighted by atomic mass is 16.8. The Balaban J connectivity index is 2.08. The Morgan fingerprint density at radius 1 is 1.26 bits per heavy atom. The van der Waals surface area contributed by atoms with Crippen LogP contribution in [0.4, 0.5) is 0 Å². The Hall–Kier alpha value is -0.930. The molecule has 7 N–H and O–H groups in total. The van der Waals surface area contributed by atoms with E-state index in [1.54, 1.807) is 0 Å². The maximum absolute atomic E-state index is 11.5. The van der Waals surface area contributed by atoms with Crippen molar-refractivity contribution in [1.29, 1.82) is 0 Å². The van der Waals surface area contributed by atoms with Crippen molar-refractivity contribution in [2.45, 2.75) is 49.5 Å². The van der Waals surface area contributed by atoms with Crippen LogP contribution < -0.4 is 11.2 Å². The highest BCUT2D eigenvalue weighted by Crippen LogP contribution is 2.24. The number of hydrogen-bond donors (Lipinski definition) is 6. The van der Waals surface area contributed by atoms with Gasteiger partial charge >= 0.3 is 5.97 Å². The third kappa shape index (κ3) is 3.95. The van der Waals surface area contributed by atoms with Crippen LogP contribution in [0.5, 0.6) is 0 Å². The summed E-state index contributed by atoms with van der Waals surface area (Å²) in [4.78, 5) is 16.5. The standard InChI is InChI=1S/C11H20N2O10/c1-19-8(16)6-9(17)22-10(18)11(21-6)20-5-3(2-14)23-13-7(12)4(5)15/h3-7,9-11,13-15,17-18H,2,12H2,1H3. The summed E-state index contributed by atoms with van der Waals surface area (Å²) in [6, 6.07) is 0. The SMILES string of the molecule is COC(=O)C1OC(OC2C(CO)ONC(N)C2O)C(O)OC1O. The fraction of sp³-hybridized carbons (Fsp3) is 0.909. The lowest BCUT2D eigenvalue weighted by atomic mass is 10.0. The molecule has 2 fully saturated rings. The number of aliphatic hydroxyl groups is 4. The Bertz CT molecular complexity index is 410. The number of esters is 1. The van der Waals surface area contributed by atoms with Crippen molar-refractivity contribution in [3.05, 3.63) is 0 Å². The molecule has 12 heteroatoms. The summed E-state index contributed by atoms with van der Waals surface area (Å²) in [6.45, 7) is -0.534. The lowest BCUT2D eigenvalue weighted by Gasteiger charge is -2.42. The maximum atomic E-state index is 11.5. The van der Waals surface area contributed by atoms with E-state index < -0.39 is 62.0 Å². The first kappa shape index (κ1) is 18.4. The van der Waals surface area contributed by atoms with Crippen LogP contribution in [-0.2, 0) is 28.6 Å². The minimum atomic E-state index is -1.76. The molecule has 0 aromatic heterocycles. The van der Waals surface area contributed by atoms with Crippen molar-refractivity contribution < 1.29 is 49.0 Å². The first-order valence-corrected chi connectivity index (χ1v) is 6.75. The Labute approximate surface area is 130 Å². The second kappa shape index (κ2) is 7.76. The Morgan fingerprint density at radius 2 is 1.96 bits per heavy atom. The smallest absolute Gasteiger partial charge is 0.340 e. The topological polar surface area (TPSA) is 182 Å². The molecule has 2 rings (SSSR count). The minimum absolute atomic E-state index is 0.534. The second-order valence-corrected chi connectivity index (χ2v) is 4.94. The van der Waals surface area contributed by atoms with E-state index in [4.69, 9.17) is 24.8 Å². The molecule has 0 aromatic carbocycles. The molecule has 8 atom stereocenters. The van der Waals surface area contributed by atoms with Crippen LogP contribution in [0.25, 0.3) is 0 Å². The zero-order chi connectivity index (χ0) is 17.1. The normalized spacial score (nSPS) is 44.8. The van der Waals surface area contributed by atoms with E-state index in [1.807, 2.05) is 0 Å². The van der Waals surface area contributed by atoms with Crippen molar-refractivity contribution in [2.24, 2.45) is 5.73 Å². The fourth-order valence-electron chi connectivity index (χ4n) is 2.14. The van der Waals surface area contributed by atoms with Crippen LogP contribution in [0.2, 0.25) is 0 Å². The number of nitrogens with two attached hydrogens (primary N) is 1. The number of ether oxygens (including phenoxy) is 4. The lowest BCUT2D eigenvalue weighted by Crippen LogP contribution is -2.65. The van der Waals surface area contributed by atoms with Gasteiger partial charge in [-0.3, -0.25) is 4.84 Å². The predicted molar refractivity (Wildman–Crippen MR) is 67.7 cm³/mol. The molecule has 23 heavy (non-hydrogen) atoms. The molecule has 0 aliphatic carbocycles. The molecule has 2 aliphatic heterocycles. The zero-order valence-corrected chi connectivity index (χ0v) is 12.1. The maximum Gasteiger partial charge on any atom is 0.340 e. The summed E-state index contributed by atoms with van der Waals surface area (Å²) in [6.07, 6.45) is -11.2. The lowest BCUT2D eigenvalue weighted by molar-refractivity contribution is -0.397. The van der Waals surface area contributed by atoms with E-state index in [1.165, 1.54) is 0 Å². The second-order valence-electron chi connectivity index (χ2n) is 4.94. The molecule has 0 aromatic rings. The highest BCUT2D eigenvalue weighted by Gasteiger charge is 2.47. The van der Waals surface area contributed by atoms with Gasteiger partial charge in [0, 0.05) is 0 Å². The van der Waals surface area contributed by atoms with E-state index >= 15 is 0 Å². The average Bonchev–Trinajstić information content (AvgIpc) is 2.53. The molecule has 0 radical (unpaired) electrons. The quantitative estimate of drug-likeness (QED) is 0.270. The largest absolute Gasteiger partial charge is 0.467 e. The number of nitrogens with one attached hydrogen (secondary N) is 1.